The summed E-state index contributed by atoms with van der Waals surface area (Å²) in [5, 5.41) is 8.30. The van der Waals surface area contributed by atoms with E-state index >= 15 is 0 Å². The fourth-order valence-electron chi connectivity index (χ4n) is 3.94. The van der Waals surface area contributed by atoms with E-state index in [-0.39, 0.29) is 5.69 Å². The van der Waals surface area contributed by atoms with Gasteiger partial charge in [-0.2, -0.15) is 5.10 Å². The molecule has 9 heteroatoms. The van der Waals surface area contributed by atoms with Crippen LogP contribution in [0, 0.1) is 0 Å². The second-order valence-electron chi connectivity index (χ2n) is 7.38. The average molecular weight is 424 g/mol. The predicted octanol–water partition coefficient (Wildman–Crippen LogP) is 1.34. The maximum absolute atomic E-state index is 13.3. The zero-order valence-electron chi connectivity index (χ0n) is 16.5. The second-order valence-corrected chi connectivity index (χ2v) is 7.77. The molecule has 2 aliphatic rings. The molecule has 1 aromatic carbocycles. The van der Waals surface area contributed by atoms with Gasteiger partial charge in [0, 0.05) is 38.3 Å². The van der Waals surface area contributed by atoms with Crippen molar-refractivity contribution in [3.63, 3.8) is 0 Å². The number of aliphatic imine (C=N–C) groups is 1. The van der Waals surface area contributed by atoms with E-state index in [0.717, 1.165) is 38.3 Å². The van der Waals surface area contributed by atoms with E-state index < -0.39 is 0 Å². The molecule has 1 saturated heterocycles. The number of nitrogens with one attached hydrogen (secondary N) is 1. The summed E-state index contributed by atoms with van der Waals surface area (Å²) in [6.07, 6.45) is 0. The number of pyridine rings is 1. The third-order valence-corrected chi connectivity index (χ3v) is 5.69. The first kappa shape index (κ1) is 19.2. The summed E-state index contributed by atoms with van der Waals surface area (Å²) >= 11 is 6.21. The molecule has 0 radical (unpaired) electrons. The molecule has 2 aliphatic heterocycles. The summed E-state index contributed by atoms with van der Waals surface area (Å²) in [5.74, 6) is 0.608. The number of aromatic nitrogens is 4. The van der Waals surface area contributed by atoms with Gasteiger partial charge in [-0.3, -0.25) is 9.89 Å². The topological polar surface area (TPSA) is 80.3 Å². The molecule has 0 amide bonds. The van der Waals surface area contributed by atoms with Gasteiger partial charge in [0.25, 0.3) is 0 Å². The highest BCUT2D eigenvalue weighted by Crippen LogP contribution is 2.23. The summed E-state index contributed by atoms with van der Waals surface area (Å²) in [6.45, 7) is 5.56. The van der Waals surface area contributed by atoms with E-state index in [4.69, 9.17) is 16.6 Å². The molecule has 0 atom stereocenters. The molecule has 154 valence electrons. The van der Waals surface area contributed by atoms with E-state index in [9.17, 15) is 4.79 Å². The number of nitrogens with zero attached hydrogens (tertiary/aromatic N) is 6. The summed E-state index contributed by atoms with van der Waals surface area (Å²) in [5.41, 5.74) is 2.72. The predicted molar refractivity (Wildman–Crippen MR) is 116 cm³/mol. The Labute approximate surface area is 178 Å². The Bertz CT molecular complexity index is 1150. The molecule has 2 aromatic heterocycles. The van der Waals surface area contributed by atoms with E-state index in [1.54, 1.807) is 15.3 Å². The first-order valence-electron chi connectivity index (χ1n) is 10.1. The Balaban J connectivity index is 1.54. The van der Waals surface area contributed by atoms with Gasteiger partial charge in [-0.15, -0.1) is 0 Å². The summed E-state index contributed by atoms with van der Waals surface area (Å²) in [4.78, 5) is 24.9. The minimum Gasteiger partial charge on any atom is -0.314 e. The molecule has 3 aromatic rings. The molecule has 0 spiro atoms. The van der Waals surface area contributed by atoms with Crippen LogP contribution in [0.25, 0.3) is 5.69 Å². The van der Waals surface area contributed by atoms with Gasteiger partial charge in [0.05, 0.1) is 17.9 Å². The van der Waals surface area contributed by atoms with Crippen LogP contribution in [0.15, 0.2) is 52.3 Å². The summed E-state index contributed by atoms with van der Waals surface area (Å²) in [7, 11) is 0. The highest BCUT2D eigenvalue weighted by Gasteiger charge is 2.25. The minimum atomic E-state index is -0.171. The van der Waals surface area contributed by atoms with Crippen molar-refractivity contribution in [2.75, 3.05) is 32.7 Å². The van der Waals surface area contributed by atoms with Gasteiger partial charge in [0.15, 0.2) is 5.82 Å². The lowest BCUT2D eigenvalue weighted by Crippen LogP contribution is -2.45. The molecule has 0 unspecified atom stereocenters. The third-order valence-electron chi connectivity index (χ3n) is 5.47. The van der Waals surface area contributed by atoms with Gasteiger partial charge in [-0.1, -0.05) is 41.9 Å². The van der Waals surface area contributed by atoms with Crippen molar-refractivity contribution in [1.82, 2.24) is 29.5 Å². The van der Waals surface area contributed by atoms with Crippen molar-refractivity contribution >= 4 is 17.3 Å². The van der Waals surface area contributed by atoms with Gasteiger partial charge in [-0.05, 0) is 12.1 Å². The molecule has 0 aliphatic carbocycles. The van der Waals surface area contributed by atoms with Gasteiger partial charge in [0.1, 0.15) is 17.4 Å². The van der Waals surface area contributed by atoms with Gasteiger partial charge >= 0.3 is 5.69 Å². The van der Waals surface area contributed by atoms with Crippen LogP contribution < -0.4 is 11.0 Å². The van der Waals surface area contributed by atoms with Gasteiger partial charge in [0.2, 0.25) is 0 Å². The van der Waals surface area contributed by atoms with E-state index in [1.165, 1.54) is 0 Å². The van der Waals surface area contributed by atoms with E-state index in [1.807, 2.05) is 36.4 Å². The summed E-state index contributed by atoms with van der Waals surface area (Å²) < 4.78 is 3.16. The lowest BCUT2D eigenvalue weighted by atomic mass is 10.1. The monoisotopic (exact) mass is 423 g/mol. The molecule has 0 saturated carbocycles. The number of halogens is 1. The molecule has 1 N–H and O–H groups in total. The number of benzene rings is 1. The Kier molecular flexibility index (Phi) is 5.20. The molecule has 1 fully saturated rings. The van der Waals surface area contributed by atoms with Crippen LogP contribution in [0.3, 0.4) is 0 Å². The second kappa shape index (κ2) is 8.14. The van der Waals surface area contributed by atoms with E-state index in [2.05, 4.69) is 20.3 Å². The molecule has 5 rings (SSSR count). The minimum absolute atomic E-state index is 0.171. The molecule has 0 bridgehead atoms. The zero-order valence-corrected chi connectivity index (χ0v) is 17.2. The Morgan fingerprint density at radius 1 is 1.03 bits per heavy atom. The molecule has 8 nitrogen and oxygen atoms in total. The number of hydrogen-bond acceptors (Lipinski definition) is 6. The van der Waals surface area contributed by atoms with Crippen LogP contribution in [-0.4, -0.2) is 62.7 Å². The fourth-order valence-corrected chi connectivity index (χ4v) is 4.09. The molecular formula is C21H22ClN7O. The largest absolute Gasteiger partial charge is 0.350 e. The first-order valence-corrected chi connectivity index (χ1v) is 10.5. The lowest BCUT2D eigenvalue weighted by Gasteiger charge is -2.26. The fraction of sp³-hybridized carbons (Fsp3) is 0.333. The molecule has 4 heterocycles. The van der Waals surface area contributed by atoms with Gasteiger partial charge < -0.3 is 5.32 Å². The normalized spacial score (nSPS) is 16.5. The Morgan fingerprint density at radius 3 is 2.63 bits per heavy atom. The summed E-state index contributed by atoms with van der Waals surface area (Å²) in [6, 6.07) is 13.3. The van der Waals surface area contributed by atoms with Crippen LogP contribution in [0.2, 0.25) is 5.15 Å². The quantitative estimate of drug-likeness (QED) is 0.640. The standard InChI is InChI=1S/C21H22ClN7O/c22-17-7-6-16-20(25-17)19(15-4-2-1-3-5-15)24-14-18-26-28(21(30)29(16)18)13-12-27-10-8-23-9-11-27/h1-7,23H,8-14H2. The van der Waals surface area contributed by atoms with Crippen molar-refractivity contribution in [1.29, 1.82) is 0 Å². The zero-order chi connectivity index (χ0) is 20.5. The molecular weight excluding hydrogens is 402 g/mol. The van der Waals surface area contributed by atoms with E-state index in [0.29, 0.717) is 41.2 Å². The average Bonchev–Trinajstić information content (AvgIpc) is 3.00. The third kappa shape index (κ3) is 3.58. The highest BCUT2D eigenvalue weighted by atomic mass is 35.5. The number of fused-ring (bicyclic) bond motifs is 3. The van der Waals surface area contributed by atoms with Crippen LogP contribution in [-0.2, 0) is 13.1 Å². The van der Waals surface area contributed by atoms with Crippen LogP contribution in [0.4, 0.5) is 0 Å². The van der Waals surface area contributed by atoms with Crippen molar-refractivity contribution < 1.29 is 0 Å². The van der Waals surface area contributed by atoms with Gasteiger partial charge in [-0.25, -0.2) is 19.0 Å². The maximum atomic E-state index is 13.3. The SMILES string of the molecule is O=c1n(CCN2CCNCC2)nc2n1-c1ccc(Cl)nc1C(c1ccccc1)=NC2. The maximum Gasteiger partial charge on any atom is 0.350 e. The smallest absolute Gasteiger partial charge is 0.314 e. The van der Waals surface area contributed by atoms with Crippen LogP contribution in [0.1, 0.15) is 17.1 Å². The Morgan fingerprint density at radius 2 is 1.83 bits per heavy atom. The van der Waals surface area contributed by atoms with Crippen molar-refractivity contribution in [3.05, 3.63) is 75.2 Å². The number of piperazine rings is 1. The highest BCUT2D eigenvalue weighted by molar-refractivity contribution is 6.29. The Hall–Kier alpha value is -2.81. The van der Waals surface area contributed by atoms with Crippen molar-refractivity contribution in [2.45, 2.75) is 13.1 Å². The van der Waals surface area contributed by atoms with Crippen molar-refractivity contribution in [2.24, 2.45) is 4.99 Å². The lowest BCUT2D eigenvalue weighted by molar-refractivity contribution is 0.228. The number of rotatable bonds is 4. The first-order chi connectivity index (χ1) is 14.7. The number of hydrogen-bond donors (Lipinski definition) is 1. The van der Waals surface area contributed by atoms with Crippen LogP contribution in [0.5, 0.6) is 0 Å². The molecule has 30 heavy (non-hydrogen) atoms. The van der Waals surface area contributed by atoms with Crippen LogP contribution >= 0.6 is 11.6 Å². The van der Waals surface area contributed by atoms with Crippen molar-refractivity contribution in [3.8, 4) is 5.69 Å².